The Hall–Kier alpha value is -2.23. The summed E-state index contributed by atoms with van der Waals surface area (Å²) in [6.07, 6.45) is 0. The lowest BCUT2D eigenvalue weighted by atomic mass is 10.1. The first kappa shape index (κ1) is 13.2. The molecule has 1 N–H and O–H groups in total. The van der Waals surface area contributed by atoms with Crippen molar-refractivity contribution in [1.82, 2.24) is 4.57 Å². The highest BCUT2D eigenvalue weighted by Crippen LogP contribution is 2.27. The van der Waals surface area contributed by atoms with Gasteiger partial charge >= 0.3 is 0 Å². The molecule has 100 valence electrons. The number of ether oxygens (including phenoxy) is 1. The molecule has 4 nitrogen and oxygen atoms in total. The number of pyridine rings is 1. The molecule has 0 radical (unpaired) electrons. The molecule has 2 rings (SSSR count). The summed E-state index contributed by atoms with van der Waals surface area (Å²) in [6.45, 7) is 4.05. The van der Waals surface area contributed by atoms with Gasteiger partial charge in [-0.1, -0.05) is 30.3 Å². The van der Waals surface area contributed by atoms with Gasteiger partial charge in [-0.25, -0.2) is 0 Å². The van der Waals surface area contributed by atoms with Crippen LogP contribution in [0, 0.1) is 13.8 Å². The normalized spacial score (nSPS) is 10.5. The fourth-order valence-corrected chi connectivity index (χ4v) is 2.06. The molecule has 2 aromatic rings. The summed E-state index contributed by atoms with van der Waals surface area (Å²) in [4.78, 5) is 12.3. The van der Waals surface area contributed by atoms with Gasteiger partial charge in [-0.3, -0.25) is 4.79 Å². The van der Waals surface area contributed by atoms with Crippen molar-refractivity contribution >= 4 is 0 Å². The summed E-state index contributed by atoms with van der Waals surface area (Å²) in [5, 5.41) is 9.91. The van der Waals surface area contributed by atoms with E-state index in [1.54, 1.807) is 11.5 Å². The van der Waals surface area contributed by atoms with Crippen molar-refractivity contribution in [3.63, 3.8) is 0 Å². The van der Waals surface area contributed by atoms with Gasteiger partial charge in [-0.05, 0) is 19.4 Å². The van der Waals surface area contributed by atoms with Gasteiger partial charge in [0.15, 0.2) is 5.75 Å². The zero-order valence-corrected chi connectivity index (χ0v) is 11.3. The van der Waals surface area contributed by atoms with Crippen LogP contribution in [0.5, 0.6) is 11.5 Å². The van der Waals surface area contributed by atoms with Crippen molar-refractivity contribution in [3.05, 3.63) is 57.5 Å². The molecule has 0 fully saturated rings. The maximum absolute atomic E-state index is 12.3. The minimum absolute atomic E-state index is 0.000897. The van der Waals surface area contributed by atoms with E-state index in [-0.39, 0.29) is 17.1 Å². The molecule has 4 heteroatoms. The number of aromatic nitrogens is 1. The first-order chi connectivity index (χ1) is 9.06. The monoisotopic (exact) mass is 259 g/mol. The van der Waals surface area contributed by atoms with Crippen LogP contribution in [-0.2, 0) is 6.54 Å². The maximum Gasteiger partial charge on any atom is 0.297 e. The van der Waals surface area contributed by atoms with Gasteiger partial charge in [0.2, 0.25) is 5.75 Å². The van der Waals surface area contributed by atoms with Crippen LogP contribution in [0.25, 0.3) is 0 Å². The Morgan fingerprint density at radius 2 is 1.84 bits per heavy atom. The summed E-state index contributed by atoms with van der Waals surface area (Å²) in [5.41, 5.74) is 2.12. The molecule has 0 atom stereocenters. The van der Waals surface area contributed by atoms with Gasteiger partial charge in [0.05, 0.1) is 13.7 Å². The van der Waals surface area contributed by atoms with E-state index in [9.17, 15) is 9.90 Å². The molecular formula is C15H17NO3. The van der Waals surface area contributed by atoms with Crippen LogP contribution in [0.15, 0.2) is 35.1 Å². The van der Waals surface area contributed by atoms with E-state index in [0.29, 0.717) is 12.1 Å². The molecule has 0 unspecified atom stereocenters. The molecule has 0 amide bonds. The first-order valence-electron chi connectivity index (χ1n) is 6.07. The average molecular weight is 259 g/mol. The number of aromatic hydroxyl groups is 1. The first-order valence-corrected chi connectivity index (χ1v) is 6.07. The number of hydrogen-bond donors (Lipinski definition) is 1. The molecule has 0 aliphatic rings. The second kappa shape index (κ2) is 5.18. The summed E-state index contributed by atoms with van der Waals surface area (Å²) < 4.78 is 6.62. The lowest BCUT2D eigenvalue weighted by Crippen LogP contribution is -2.25. The van der Waals surface area contributed by atoms with E-state index in [0.717, 1.165) is 11.3 Å². The molecular weight excluding hydrogens is 242 g/mol. The van der Waals surface area contributed by atoms with Crippen molar-refractivity contribution in [1.29, 1.82) is 0 Å². The zero-order chi connectivity index (χ0) is 14.0. The van der Waals surface area contributed by atoms with Crippen LogP contribution in [0.4, 0.5) is 0 Å². The quantitative estimate of drug-likeness (QED) is 0.919. The Labute approximate surface area is 111 Å². The molecule has 1 aromatic heterocycles. The molecule has 0 spiro atoms. The van der Waals surface area contributed by atoms with Gasteiger partial charge in [0.1, 0.15) is 0 Å². The van der Waals surface area contributed by atoms with Crippen LogP contribution in [0.3, 0.4) is 0 Å². The second-order valence-corrected chi connectivity index (χ2v) is 4.47. The predicted octanol–water partition coefficient (Wildman–Crippen LogP) is 2.23. The predicted molar refractivity (Wildman–Crippen MR) is 73.9 cm³/mol. The average Bonchev–Trinajstić information content (AvgIpc) is 2.43. The third-order valence-electron chi connectivity index (χ3n) is 3.34. The Balaban J connectivity index is 2.58. The zero-order valence-electron chi connectivity index (χ0n) is 11.3. The highest BCUT2D eigenvalue weighted by molar-refractivity contribution is 5.45. The fraction of sp³-hybridized carbons (Fsp3) is 0.267. The summed E-state index contributed by atoms with van der Waals surface area (Å²) in [5.74, 6) is -0.0756. The molecule has 1 aromatic carbocycles. The van der Waals surface area contributed by atoms with Crippen LogP contribution in [0.1, 0.15) is 16.8 Å². The smallest absolute Gasteiger partial charge is 0.297 e. The highest BCUT2D eigenvalue weighted by Gasteiger charge is 2.17. The lowest BCUT2D eigenvalue weighted by molar-refractivity contribution is 0.360. The van der Waals surface area contributed by atoms with E-state index in [1.165, 1.54) is 7.11 Å². The van der Waals surface area contributed by atoms with E-state index in [2.05, 4.69) is 0 Å². The third kappa shape index (κ3) is 2.34. The number of hydrogen-bond acceptors (Lipinski definition) is 3. The Bertz CT molecular complexity index is 645. The molecule has 0 saturated carbocycles. The Morgan fingerprint density at radius 3 is 2.42 bits per heavy atom. The van der Waals surface area contributed by atoms with Crippen molar-refractivity contribution in [2.45, 2.75) is 20.4 Å². The van der Waals surface area contributed by atoms with Crippen LogP contribution < -0.4 is 10.3 Å². The highest BCUT2D eigenvalue weighted by atomic mass is 16.5. The van der Waals surface area contributed by atoms with Gasteiger partial charge in [0.25, 0.3) is 5.56 Å². The summed E-state index contributed by atoms with van der Waals surface area (Å²) in [7, 11) is 1.39. The lowest BCUT2D eigenvalue weighted by Gasteiger charge is -2.16. The van der Waals surface area contributed by atoms with Gasteiger partial charge in [0, 0.05) is 11.3 Å². The molecule has 19 heavy (non-hydrogen) atoms. The maximum atomic E-state index is 12.3. The Kier molecular flexibility index (Phi) is 3.60. The standard InChI is InChI=1S/C15H17NO3/c1-10-11(2)16(9-12-7-5-4-6-8-12)15(18)14(19-3)13(10)17/h4-8,17H,9H2,1-3H3. The van der Waals surface area contributed by atoms with Crippen LogP contribution in [-0.4, -0.2) is 16.8 Å². The third-order valence-corrected chi connectivity index (χ3v) is 3.34. The largest absolute Gasteiger partial charge is 0.504 e. The van der Waals surface area contributed by atoms with Gasteiger partial charge in [-0.15, -0.1) is 0 Å². The fourth-order valence-electron chi connectivity index (χ4n) is 2.06. The van der Waals surface area contributed by atoms with Gasteiger partial charge in [-0.2, -0.15) is 0 Å². The van der Waals surface area contributed by atoms with Gasteiger partial charge < -0.3 is 14.4 Å². The van der Waals surface area contributed by atoms with Crippen molar-refractivity contribution in [3.8, 4) is 11.5 Å². The second-order valence-electron chi connectivity index (χ2n) is 4.47. The van der Waals surface area contributed by atoms with Crippen LogP contribution in [0.2, 0.25) is 0 Å². The van der Waals surface area contributed by atoms with Crippen LogP contribution >= 0.6 is 0 Å². The van der Waals surface area contributed by atoms with Crippen molar-refractivity contribution in [2.24, 2.45) is 0 Å². The van der Waals surface area contributed by atoms with E-state index >= 15 is 0 Å². The topological polar surface area (TPSA) is 51.5 Å². The number of rotatable bonds is 3. The van der Waals surface area contributed by atoms with E-state index in [1.807, 2.05) is 37.3 Å². The van der Waals surface area contributed by atoms with Crippen molar-refractivity contribution in [2.75, 3.05) is 7.11 Å². The number of methoxy groups -OCH3 is 1. The van der Waals surface area contributed by atoms with Crippen molar-refractivity contribution < 1.29 is 9.84 Å². The Morgan fingerprint density at radius 1 is 1.21 bits per heavy atom. The molecule has 0 saturated heterocycles. The summed E-state index contributed by atoms with van der Waals surface area (Å²) in [6, 6.07) is 9.71. The summed E-state index contributed by atoms with van der Waals surface area (Å²) >= 11 is 0. The molecule has 0 bridgehead atoms. The minimum atomic E-state index is -0.313. The number of nitrogens with zero attached hydrogens (tertiary/aromatic N) is 1. The number of benzene rings is 1. The van der Waals surface area contributed by atoms with E-state index < -0.39 is 0 Å². The molecule has 1 heterocycles. The minimum Gasteiger partial charge on any atom is -0.504 e. The van der Waals surface area contributed by atoms with E-state index in [4.69, 9.17) is 4.74 Å². The molecule has 0 aliphatic heterocycles. The SMILES string of the molecule is COc1c(O)c(C)c(C)n(Cc2ccccc2)c1=O. The molecule has 0 aliphatic carbocycles.